The van der Waals surface area contributed by atoms with Gasteiger partial charge in [-0.1, -0.05) is 0 Å². The number of rotatable bonds is 6. The highest BCUT2D eigenvalue weighted by molar-refractivity contribution is 6.11. The second-order valence-corrected chi connectivity index (χ2v) is 9.11. The number of nitrogens with zero attached hydrogens (tertiary/aromatic N) is 3. The predicted molar refractivity (Wildman–Crippen MR) is 121 cm³/mol. The molecule has 3 aliphatic heterocycles. The summed E-state index contributed by atoms with van der Waals surface area (Å²) in [4.78, 5) is 36.5. The fourth-order valence-electron chi connectivity index (χ4n) is 5.71. The Morgan fingerprint density at radius 2 is 1.76 bits per heavy atom. The Kier molecular flexibility index (Phi) is 5.09. The van der Waals surface area contributed by atoms with E-state index in [1.165, 1.54) is 20.0 Å². The first kappa shape index (κ1) is 21.2. The molecule has 178 valence electrons. The van der Waals surface area contributed by atoms with Crippen LogP contribution in [0.5, 0.6) is 23.1 Å². The molecule has 2 atom stereocenters. The van der Waals surface area contributed by atoms with Crippen LogP contribution in [0.25, 0.3) is 0 Å². The quantitative estimate of drug-likeness (QED) is 0.643. The molecule has 6 rings (SSSR count). The molecule has 1 aromatic carbocycles. The Hall–Kier alpha value is -3.33. The van der Waals surface area contributed by atoms with E-state index in [2.05, 4.69) is 9.88 Å². The summed E-state index contributed by atoms with van der Waals surface area (Å²) in [6.07, 6.45) is 3.27. The van der Waals surface area contributed by atoms with Crippen molar-refractivity contribution in [2.45, 2.75) is 31.2 Å². The smallest absolute Gasteiger partial charge is 0.260 e. The fraction of sp³-hybridized carbons (Fsp3) is 0.480. The summed E-state index contributed by atoms with van der Waals surface area (Å²) in [6.45, 7) is 3.74. The van der Waals surface area contributed by atoms with Gasteiger partial charge in [-0.3, -0.25) is 9.59 Å². The van der Waals surface area contributed by atoms with Gasteiger partial charge < -0.3 is 28.7 Å². The van der Waals surface area contributed by atoms with Crippen LogP contribution in [-0.4, -0.2) is 73.7 Å². The van der Waals surface area contributed by atoms with Crippen molar-refractivity contribution in [3.63, 3.8) is 0 Å². The van der Waals surface area contributed by atoms with E-state index in [-0.39, 0.29) is 18.5 Å². The number of ether oxygens (including phenoxy) is 4. The van der Waals surface area contributed by atoms with Crippen LogP contribution in [0.2, 0.25) is 0 Å². The molecule has 1 amide bonds. The first-order valence-electron chi connectivity index (χ1n) is 11.7. The van der Waals surface area contributed by atoms with E-state index in [0.29, 0.717) is 52.1 Å². The number of Topliss-reactive ketones (excluding diaryl/α,β-unsaturated/α-hetero) is 1. The van der Waals surface area contributed by atoms with Crippen molar-refractivity contribution in [1.29, 1.82) is 0 Å². The van der Waals surface area contributed by atoms with E-state index < -0.39 is 12.0 Å². The summed E-state index contributed by atoms with van der Waals surface area (Å²) in [5.41, 5.74) is 2.18. The number of aromatic nitrogens is 1. The molecule has 2 unspecified atom stereocenters. The molecule has 4 aliphatic rings. The van der Waals surface area contributed by atoms with Crippen molar-refractivity contribution in [2.24, 2.45) is 0 Å². The van der Waals surface area contributed by atoms with E-state index in [1.807, 2.05) is 4.90 Å². The molecule has 9 heteroatoms. The Morgan fingerprint density at radius 3 is 2.53 bits per heavy atom. The Labute approximate surface area is 197 Å². The average molecular weight is 466 g/mol. The Balaban J connectivity index is 1.43. The minimum atomic E-state index is -0.565. The number of carbonyl (C=O) groups excluding carboxylic acids is 2. The normalized spacial score (nSPS) is 22.6. The molecule has 34 heavy (non-hydrogen) atoms. The minimum absolute atomic E-state index is 0.0729. The molecule has 1 saturated heterocycles. The maximum atomic E-state index is 13.8. The number of benzene rings is 1. The maximum absolute atomic E-state index is 13.8. The zero-order chi connectivity index (χ0) is 23.4. The molecule has 0 radical (unpaired) electrons. The SMILES string of the molecule is COc1cc2c(cc1OC)C1C(=O)c3cc4c(nc3C1N(CCCN1CCCC1)C2=O)OCO4. The van der Waals surface area contributed by atoms with Crippen LogP contribution in [-0.2, 0) is 0 Å². The Morgan fingerprint density at radius 1 is 1.00 bits per heavy atom. The summed E-state index contributed by atoms with van der Waals surface area (Å²) >= 11 is 0. The van der Waals surface area contributed by atoms with Gasteiger partial charge >= 0.3 is 0 Å². The highest BCUT2D eigenvalue weighted by Crippen LogP contribution is 2.53. The third-order valence-corrected chi connectivity index (χ3v) is 7.33. The molecule has 1 fully saturated rings. The van der Waals surface area contributed by atoms with Gasteiger partial charge in [0, 0.05) is 17.7 Å². The van der Waals surface area contributed by atoms with Gasteiger partial charge in [-0.25, -0.2) is 4.98 Å². The van der Waals surface area contributed by atoms with E-state index in [0.717, 1.165) is 26.1 Å². The summed E-state index contributed by atoms with van der Waals surface area (Å²) in [7, 11) is 3.08. The van der Waals surface area contributed by atoms with Gasteiger partial charge in [0.15, 0.2) is 23.0 Å². The largest absolute Gasteiger partial charge is 0.493 e. The second-order valence-electron chi connectivity index (χ2n) is 9.11. The van der Waals surface area contributed by atoms with Crippen molar-refractivity contribution in [3.8, 4) is 23.1 Å². The molecule has 1 aliphatic carbocycles. The lowest BCUT2D eigenvalue weighted by Crippen LogP contribution is -2.43. The molecule has 0 N–H and O–H groups in total. The number of pyridine rings is 1. The fourth-order valence-corrected chi connectivity index (χ4v) is 5.71. The van der Waals surface area contributed by atoms with Gasteiger partial charge in [0.25, 0.3) is 11.8 Å². The number of likely N-dealkylation sites (tertiary alicyclic amines) is 1. The standard InChI is InChI=1S/C25H27N3O6/c1-31-17-10-14-15(11-18(17)32-2)25(30)28(9-5-8-27-6-3-4-7-27)22-20(14)23(29)16-12-19-24(26-21(16)22)34-13-33-19/h10-12,20,22H,3-9,13H2,1-2H3. The van der Waals surface area contributed by atoms with Gasteiger partial charge in [0.2, 0.25) is 6.79 Å². The van der Waals surface area contributed by atoms with E-state index in [4.69, 9.17) is 18.9 Å². The molecule has 0 spiro atoms. The highest BCUT2D eigenvalue weighted by Gasteiger charge is 2.52. The van der Waals surface area contributed by atoms with Crippen LogP contribution < -0.4 is 18.9 Å². The number of methoxy groups -OCH3 is 2. The van der Waals surface area contributed by atoms with Crippen LogP contribution in [0, 0.1) is 0 Å². The monoisotopic (exact) mass is 465 g/mol. The number of ketones is 1. The topological polar surface area (TPSA) is 90.4 Å². The van der Waals surface area contributed by atoms with E-state index in [9.17, 15) is 9.59 Å². The molecule has 4 heterocycles. The zero-order valence-corrected chi connectivity index (χ0v) is 19.3. The summed E-state index contributed by atoms with van der Waals surface area (Å²) in [6, 6.07) is 4.67. The Bertz CT molecular complexity index is 1180. The maximum Gasteiger partial charge on any atom is 0.260 e. The molecule has 9 nitrogen and oxygen atoms in total. The first-order chi connectivity index (χ1) is 16.6. The van der Waals surface area contributed by atoms with Crippen LogP contribution in [0.15, 0.2) is 18.2 Å². The number of fused-ring (bicyclic) bond motifs is 6. The van der Waals surface area contributed by atoms with Gasteiger partial charge in [-0.2, -0.15) is 0 Å². The van der Waals surface area contributed by atoms with Crippen molar-refractivity contribution in [2.75, 3.05) is 47.2 Å². The van der Waals surface area contributed by atoms with Gasteiger partial charge in [-0.15, -0.1) is 0 Å². The molecule has 0 saturated carbocycles. The number of hydrogen-bond donors (Lipinski definition) is 0. The molecule has 2 aromatic rings. The zero-order valence-electron chi connectivity index (χ0n) is 19.3. The van der Waals surface area contributed by atoms with Crippen LogP contribution >= 0.6 is 0 Å². The molecule has 0 bridgehead atoms. The summed E-state index contributed by atoms with van der Waals surface area (Å²) < 4.78 is 21.9. The van der Waals surface area contributed by atoms with Gasteiger partial charge in [0.1, 0.15) is 0 Å². The number of carbonyl (C=O) groups is 2. The van der Waals surface area contributed by atoms with E-state index in [1.54, 1.807) is 25.3 Å². The minimum Gasteiger partial charge on any atom is -0.493 e. The summed E-state index contributed by atoms with van der Waals surface area (Å²) in [5, 5.41) is 0. The average Bonchev–Trinajstić information content (AvgIpc) is 3.59. The molecular formula is C25H27N3O6. The van der Waals surface area contributed by atoms with Crippen molar-refractivity contribution in [3.05, 3.63) is 40.6 Å². The third-order valence-electron chi connectivity index (χ3n) is 7.33. The number of hydrogen-bond acceptors (Lipinski definition) is 8. The third kappa shape index (κ3) is 3.14. The molecule has 1 aromatic heterocycles. The summed E-state index contributed by atoms with van der Waals surface area (Å²) in [5.74, 6) is 1.02. The van der Waals surface area contributed by atoms with Crippen LogP contribution in [0.4, 0.5) is 0 Å². The van der Waals surface area contributed by atoms with Crippen molar-refractivity contribution >= 4 is 11.7 Å². The van der Waals surface area contributed by atoms with Crippen LogP contribution in [0.1, 0.15) is 63.2 Å². The second kappa shape index (κ2) is 8.16. The molecular weight excluding hydrogens is 438 g/mol. The highest BCUT2D eigenvalue weighted by atomic mass is 16.7. The predicted octanol–water partition coefficient (Wildman–Crippen LogP) is 2.79. The van der Waals surface area contributed by atoms with Gasteiger partial charge in [0.05, 0.1) is 31.9 Å². The van der Waals surface area contributed by atoms with Crippen molar-refractivity contribution in [1.82, 2.24) is 14.8 Å². The van der Waals surface area contributed by atoms with Gasteiger partial charge in [-0.05, 0) is 62.7 Å². The first-order valence-corrected chi connectivity index (χ1v) is 11.7. The van der Waals surface area contributed by atoms with Crippen molar-refractivity contribution < 1.29 is 28.5 Å². The lowest BCUT2D eigenvalue weighted by atomic mass is 9.83. The van der Waals surface area contributed by atoms with Crippen LogP contribution in [0.3, 0.4) is 0 Å². The van der Waals surface area contributed by atoms with E-state index >= 15 is 0 Å². The lowest BCUT2D eigenvalue weighted by molar-refractivity contribution is 0.0593. The number of amides is 1. The lowest BCUT2D eigenvalue weighted by Gasteiger charge is -2.38.